The van der Waals surface area contributed by atoms with Gasteiger partial charge in [-0.2, -0.15) is 18.3 Å². The number of benzene rings is 1. The van der Waals surface area contributed by atoms with Crippen LogP contribution >= 0.6 is 23.2 Å². The highest BCUT2D eigenvalue weighted by atomic mass is 35.5. The van der Waals surface area contributed by atoms with Crippen LogP contribution in [0.3, 0.4) is 0 Å². The summed E-state index contributed by atoms with van der Waals surface area (Å²) in [5.74, 6) is -2.18. The van der Waals surface area contributed by atoms with E-state index in [0.717, 1.165) is 12.8 Å². The summed E-state index contributed by atoms with van der Waals surface area (Å²) in [6.07, 6.45) is -1.57. The van der Waals surface area contributed by atoms with E-state index < -0.39 is 34.9 Å². The molecule has 0 aliphatic heterocycles. The Morgan fingerprint density at radius 2 is 1.84 bits per heavy atom. The normalized spacial score (nSPS) is 15.9. The SMILES string of the molecule is CC1(NC(=O)c2c(NC(=O)c3cc(C(F)(F)F)nn3-c3ncccc3Cl)c(Cl)cc3c2C(=O)CC3)CC1. The molecule has 0 radical (unpaired) electrons. The zero-order valence-electron chi connectivity index (χ0n) is 19.2. The zero-order valence-corrected chi connectivity index (χ0v) is 20.7. The monoisotopic (exact) mass is 551 g/mol. The lowest BCUT2D eigenvalue weighted by Gasteiger charge is -2.19. The molecule has 0 bridgehead atoms. The molecular weight excluding hydrogens is 534 g/mol. The standard InChI is InChI=1S/C24H18Cl2F3N5O3/c1-23(6-7-23)32-22(37)18-17-11(4-5-15(17)35)9-13(26)19(18)31-21(36)14-10-16(24(27,28)29)33-34(14)20-12(25)3-2-8-30-20/h2-3,8-10H,4-7H2,1H3,(H,31,36)(H,32,37). The van der Waals surface area contributed by atoms with Crippen molar-refractivity contribution in [3.63, 3.8) is 0 Å². The Kier molecular flexibility index (Phi) is 6.03. The highest BCUT2D eigenvalue weighted by molar-refractivity contribution is 6.36. The number of carbonyl (C=O) groups is 3. The summed E-state index contributed by atoms with van der Waals surface area (Å²) in [7, 11) is 0. The molecular formula is C24H18Cl2F3N5O3. The maximum absolute atomic E-state index is 13.5. The highest BCUT2D eigenvalue weighted by Crippen LogP contribution is 2.40. The fraction of sp³-hybridized carbons (Fsp3) is 0.292. The minimum absolute atomic E-state index is 0.0362. The van der Waals surface area contributed by atoms with Crippen molar-refractivity contribution in [2.24, 2.45) is 0 Å². The van der Waals surface area contributed by atoms with Crippen LogP contribution in [0.15, 0.2) is 30.5 Å². The molecule has 13 heteroatoms. The number of Topliss-reactive ketones (excluding diaryl/α,β-unsaturated/α-hetero) is 1. The number of anilines is 1. The quantitative estimate of drug-likeness (QED) is 0.450. The van der Waals surface area contributed by atoms with Gasteiger partial charge in [0.25, 0.3) is 11.8 Å². The molecule has 2 N–H and O–H groups in total. The second-order valence-corrected chi connectivity index (χ2v) is 9.98. The van der Waals surface area contributed by atoms with Crippen LogP contribution in [0.1, 0.15) is 68.6 Å². The Balaban J connectivity index is 1.61. The van der Waals surface area contributed by atoms with Crippen LogP contribution in [0.5, 0.6) is 0 Å². The maximum atomic E-state index is 13.5. The number of aromatic nitrogens is 3. The molecule has 0 saturated heterocycles. The Morgan fingerprint density at radius 3 is 2.49 bits per heavy atom. The van der Waals surface area contributed by atoms with Gasteiger partial charge >= 0.3 is 6.18 Å². The smallest absolute Gasteiger partial charge is 0.347 e. The van der Waals surface area contributed by atoms with Crippen LogP contribution in [0.25, 0.3) is 5.82 Å². The number of pyridine rings is 1. The molecule has 2 aliphatic rings. The molecule has 2 amide bonds. The first-order valence-electron chi connectivity index (χ1n) is 11.2. The highest BCUT2D eigenvalue weighted by Gasteiger charge is 2.41. The summed E-state index contributed by atoms with van der Waals surface area (Å²) >= 11 is 12.6. The summed E-state index contributed by atoms with van der Waals surface area (Å²) < 4.78 is 41.2. The summed E-state index contributed by atoms with van der Waals surface area (Å²) in [5.41, 5.74) is -1.97. The van der Waals surface area contributed by atoms with E-state index in [0.29, 0.717) is 22.7 Å². The van der Waals surface area contributed by atoms with Gasteiger partial charge in [0.2, 0.25) is 0 Å². The predicted octanol–water partition coefficient (Wildman–Crippen LogP) is 5.26. The van der Waals surface area contributed by atoms with Gasteiger partial charge in [0.05, 0.1) is 21.3 Å². The third-order valence-electron chi connectivity index (χ3n) is 6.31. The Morgan fingerprint density at radius 1 is 1.11 bits per heavy atom. The summed E-state index contributed by atoms with van der Waals surface area (Å²) in [6.45, 7) is 1.84. The second-order valence-electron chi connectivity index (χ2n) is 9.17. The largest absolute Gasteiger partial charge is 0.435 e. The third-order valence-corrected chi connectivity index (χ3v) is 6.91. The van der Waals surface area contributed by atoms with Crippen molar-refractivity contribution >= 4 is 46.5 Å². The van der Waals surface area contributed by atoms with E-state index in [9.17, 15) is 27.6 Å². The van der Waals surface area contributed by atoms with Gasteiger partial charge in [0.15, 0.2) is 17.3 Å². The first-order valence-corrected chi connectivity index (χ1v) is 11.9. The van der Waals surface area contributed by atoms with Gasteiger partial charge in [-0.1, -0.05) is 23.2 Å². The van der Waals surface area contributed by atoms with Crippen molar-refractivity contribution in [1.29, 1.82) is 0 Å². The van der Waals surface area contributed by atoms with Crippen molar-refractivity contribution in [1.82, 2.24) is 20.1 Å². The third kappa shape index (κ3) is 4.69. The fourth-order valence-corrected chi connectivity index (χ4v) is 4.62. The molecule has 37 heavy (non-hydrogen) atoms. The van der Waals surface area contributed by atoms with E-state index in [1.807, 2.05) is 6.92 Å². The number of alkyl halides is 3. The number of aryl methyl sites for hydroxylation is 1. The Labute approximate surface area is 218 Å². The van der Waals surface area contributed by atoms with Crippen LogP contribution < -0.4 is 10.6 Å². The molecule has 0 spiro atoms. The van der Waals surface area contributed by atoms with E-state index in [1.54, 1.807) is 0 Å². The summed E-state index contributed by atoms with van der Waals surface area (Å²) in [6, 6.07) is 4.86. The van der Waals surface area contributed by atoms with E-state index in [2.05, 4.69) is 20.7 Å². The molecule has 5 rings (SSSR count). The number of halogens is 5. The van der Waals surface area contributed by atoms with Crippen LogP contribution in [0, 0.1) is 0 Å². The lowest BCUT2D eigenvalue weighted by atomic mass is 9.99. The summed E-state index contributed by atoms with van der Waals surface area (Å²) in [4.78, 5) is 43.3. The van der Waals surface area contributed by atoms with Gasteiger partial charge in [0, 0.05) is 29.8 Å². The minimum atomic E-state index is -4.87. The zero-order chi connectivity index (χ0) is 26.7. The van der Waals surface area contributed by atoms with Gasteiger partial charge in [-0.15, -0.1) is 0 Å². The van der Waals surface area contributed by atoms with Gasteiger partial charge in [-0.3, -0.25) is 14.4 Å². The lowest BCUT2D eigenvalue weighted by Crippen LogP contribution is -2.36. The average molecular weight is 552 g/mol. The molecule has 2 aromatic heterocycles. The molecule has 1 fully saturated rings. The van der Waals surface area contributed by atoms with Gasteiger partial charge in [0.1, 0.15) is 5.69 Å². The average Bonchev–Trinajstić information content (AvgIpc) is 3.21. The molecule has 1 saturated carbocycles. The fourth-order valence-electron chi connectivity index (χ4n) is 4.14. The molecule has 0 atom stereocenters. The van der Waals surface area contributed by atoms with E-state index in [1.165, 1.54) is 24.4 Å². The number of hydrogen-bond donors (Lipinski definition) is 2. The van der Waals surface area contributed by atoms with E-state index in [4.69, 9.17) is 23.2 Å². The number of carbonyl (C=O) groups excluding carboxylic acids is 3. The van der Waals surface area contributed by atoms with Gasteiger partial charge in [-0.25, -0.2) is 9.67 Å². The lowest BCUT2D eigenvalue weighted by molar-refractivity contribution is -0.141. The van der Waals surface area contributed by atoms with Crippen molar-refractivity contribution in [2.75, 3.05) is 5.32 Å². The number of amides is 2. The van der Waals surface area contributed by atoms with Gasteiger partial charge in [-0.05, 0) is 49.9 Å². The van der Waals surface area contributed by atoms with Crippen LogP contribution in [0.2, 0.25) is 10.0 Å². The molecule has 8 nitrogen and oxygen atoms in total. The number of hydrogen-bond acceptors (Lipinski definition) is 5. The van der Waals surface area contributed by atoms with Crippen molar-refractivity contribution in [2.45, 2.75) is 44.3 Å². The molecule has 2 aliphatic carbocycles. The predicted molar refractivity (Wildman–Crippen MR) is 129 cm³/mol. The minimum Gasteiger partial charge on any atom is -0.347 e. The topological polar surface area (TPSA) is 106 Å². The molecule has 2 heterocycles. The van der Waals surface area contributed by atoms with E-state index in [-0.39, 0.29) is 44.9 Å². The first-order chi connectivity index (χ1) is 17.4. The van der Waals surface area contributed by atoms with Crippen molar-refractivity contribution < 1.29 is 27.6 Å². The first kappa shape index (κ1) is 25.2. The Hall–Kier alpha value is -3.44. The van der Waals surface area contributed by atoms with Crippen molar-refractivity contribution in [3.05, 3.63) is 68.6 Å². The van der Waals surface area contributed by atoms with Crippen LogP contribution in [0.4, 0.5) is 18.9 Å². The second kappa shape index (κ2) is 8.84. The Bertz CT molecular complexity index is 1480. The molecule has 0 unspecified atom stereocenters. The number of ketones is 1. The van der Waals surface area contributed by atoms with E-state index >= 15 is 0 Å². The number of rotatable bonds is 5. The van der Waals surface area contributed by atoms with Crippen molar-refractivity contribution in [3.8, 4) is 5.82 Å². The maximum Gasteiger partial charge on any atom is 0.435 e. The summed E-state index contributed by atoms with van der Waals surface area (Å²) in [5, 5.41) is 8.71. The number of fused-ring (bicyclic) bond motifs is 1. The molecule has 1 aromatic carbocycles. The van der Waals surface area contributed by atoms with Crippen LogP contribution in [-0.4, -0.2) is 37.9 Å². The number of nitrogens with one attached hydrogen (secondary N) is 2. The molecule has 3 aromatic rings. The molecule has 192 valence electrons. The number of nitrogens with zero attached hydrogens (tertiary/aromatic N) is 3. The van der Waals surface area contributed by atoms with Gasteiger partial charge < -0.3 is 10.6 Å². The van der Waals surface area contributed by atoms with Crippen LogP contribution in [-0.2, 0) is 12.6 Å².